The van der Waals surface area contributed by atoms with Gasteiger partial charge < -0.3 is 19.8 Å². The van der Waals surface area contributed by atoms with E-state index in [9.17, 15) is 19.4 Å². The van der Waals surface area contributed by atoms with Crippen LogP contribution < -0.4 is 5.32 Å². The van der Waals surface area contributed by atoms with Crippen molar-refractivity contribution in [3.63, 3.8) is 0 Å². The third kappa shape index (κ3) is 32.8. The number of quaternary nitrogens is 1. The molecule has 0 saturated heterocycles. The molecule has 0 spiro atoms. The van der Waals surface area contributed by atoms with Gasteiger partial charge in [-0.2, -0.15) is 0 Å². The van der Waals surface area contributed by atoms with E-state index in [1.807, 2.05) is 21.1 Å². The summed E-state index contributed by atoms with van der Waals surface area (Å²) in [4.78, 5) is 22.9. The molecule has 0 aliphatic carbocycles. The second kappa shape index (κ2) is 30.5. The normalized spacial score (nSPS) is 15.3. The number of likely N-dealkylation sites (N-methyl/N-ethyl adjacent to an activating group) is 1. The van der Waals surface area contributed by atoms with Gasteiger partial charge in [0.15, 0.2) is 0 Å². The standard InChI is InChI=1S/C38H71N2O6P/c1-6-8-10-12-14-15-16-17-18-19-20-21-22-23-24-25-26-28-30-32-38(42)39-36(37(41)31-29-27-13-11-9-7-2)35-46-47(43,44)45-34-33-40(3,4)5/h8,10,14-15,17-18,20-21,36-37,41H,6-7,9,11-13,16,19,22-35H2,1-5H3,(H-,39,42,43,44)/p+1/b10-8-,15-14-,18-17-,21-20-. The molecule has 0 saturated carbocycles. The SMILES string of the molecule is CC/C=C\C/C=C\C/C=C\C/C=C\CCCCCCCCC(=O)NC(COP(=O)(O)OCC[N+](C)(C)C)C(O)CCCCCCCC. The van der Waals surface area contributed by atoms with E-state index in [2.05, 4.69) is 67.8 Å². The molecule has 0 radical (unpaired) electrons. The average molecular weight is 684 g/mol. The number of nitrogens with one attached hydrogen (secondary N) is 1. The van der Waals surface area contributed by atoms with Crippen molar-refractivity contribution < 1.29 is 32.9 Å². The van der Waals surface area contributed by atoms with Crippen molar-refractivity contribution in [1.29, 1.82) is 0 Å². The molecular formula is C38H72N2O6P+. The van der Waals surface area contributed by atoms with Gasteiger partial charge in [-0.1, -0.05) is 127 Å². The first-order chi connectivity index (χ1) is 22.5. The number of allylic oxidation sites excluding steroid dienone is 8. The maximum absolute atomic E-state index is 12.7. The predicted molar refractivity (Wildman–Crippen MR) is 198 cm³/mol. The van der Waals surface area contributed by atoms with Crippen LogP contribution in [0.2, 0.25) is 0 Å². The molecule has 3 N–H and O–H groups in total. The highest BCUT2D eigenvalue weighted by atomic mass is 31.2. The maximum atomic E-state index is 12.7. The van der Waals surface area contributed by atoms with Gasteiger partial charge in [-0.25, -0.2) is 4.57 Å². The summed E-state index contributed by atoms with van der Waals surface area (Å²) < 4.78 is 23.4. The zero-order valence-electron chi connectivity index (χ0n) is 30.8. The summed E-state index contributed by atoms with van der Waals surface area (Å²) in [5, 5.41) is 13.7. The lowest BCUT2D eigenvalue weighted by Gasteiger charge is -2.26. The molecule has 274 valence electrons. The highest BCUT2D eigenvalue weighted by Crippen LogP contribution is 2.43. The molecule has 0 bridgehead atoms. The van der Waals surface area contributed by atoms with E-state index in [-0.39, 0.29) is 19.1 Å². The monoisotopic (exact) mass is 684 g/mol. The Balaban J connectivity index is 4.32. The Hall–Kier alpha value is -1.54. The van der Waals surface area contributed by atoms with Crippen LogP contribution in [0.15, 0.2) is 48.6 Å². The van der Waals surface area contributed by atoms with E-state index in [0.717, 1.165) is 77.0 Å². The number of carbonyl (C=O) groups excluding carboxylic acids is 1. The Morgan fingerprint density at radius 3 is 1.87 bits per heavy atom. The smallest absolute Gasteiger partial charge is 0.391 e. The molecule has 0 aromatic rings. The van der Waals surface area contributed by atoms with Crippen LogP contribution >= 0.6 is 7.82 Å². The van der Waals surface area contributed by atoms with E-state index in [4.69, 9.17) is 9.05 Å². The molecule has 3 unspecified atom stereocenters. The molecule has 0 heterocycles. The average Bonchev–Trinajstić information content (AvgIpc) is 3.01. The number of rotatable bonds is 32. The molecule has 3 atom stereocenters. The molecule has 47 heavy (non-hydrogen) atoms. The molecule has 0 rings (SSSR count). The number of hydrogen-bond acceptors (Lipinski definition) is 5. The van der Waals surface area contributed by atoms with Gasteiger partial charge in [0, 0.05) is 6.42 Å². The largest absolute Gasteiger partial charge is 0.472 e. The molecule has 0 aromatic heterocycles. The van der Waals surface area contributed by atoms with Crippen LogP contribution in [0, 0.1) is 0 Å². The summed E-state index contributed by atoms with van der Waals surface area (Å²) in [6.45, 7) is 4.66. The molecule has 1 amide bonds. The number of aliphatic hydroxyl groups is 1. The first-order valence-corrected chi connectivity index (χ1v) is 20.0. The third-order valence-electron chi connectivity index (χ3n) is 7.84. The fourth-order valence-electron chi connectivity index (χ4n) is 4.86. The van der Waals surface area contributed by atoms with Crippen LogP contribution in [0.4, 0.5) is 0 Å². The van der Waals surface area contributed by atoms with Crippen molar-refractivity contribution in [2.75, 3.05) is 40.9 Å². The number of phosphoric ester groups is 1. The van der Waals surface area contributed by atoms with Crippen LogP contribution in [0.5, 0.6) is 0 Å². The van der Waals surface area contributed by atoms with Crippen LogP contribution in [-0.2, 0) is 18.4 Å². The van der Waals surface area contributed by atoms with E-state index < -0.39 is 20.0 Å². The number of aliphatic hydroxyl groups excluding tert-OH is 1. The van der Waals surface area contributed by atoms with Crippen LogP contribution in [0.3, 0.4) is 0 Å². The Morgan fingerprint density at radius 1 is 0.745 bits per heavy atom. The summed E-state index contributed by atoms with van der Waals surface area (Å²) in [7, 11) is 1.59. The lowest BCUT2D eigenvalue weighted by molar-refractivity contribution is -0.870. The summed E-state index contributed by atoms with van der Waals surface area (Å²) in [5.41, 5.74) is 0. The fraction of sp³-hybridized carbons (Fsp3) is 0.763. The summed E-state index contributed by atoms with van der Waals surface area (Å²) >= 11 is 0. The van der Waals surface area contributed by atoms with E-state index in [0.29, 0.717) is 23.9 Å². The lowest BCUT2D eigenvalue weighted by Crippen LogP contribution is -2.46. The minimum absolute atomic E-state index is 0.0685. The second-order valence-electron chi connectivity index (χ2n) is 13.6. The molecule has 0 aliphatic rings. The van der Waals surface area contributed by atoms with Crippen molar-refractivity contribution in [1.82, 2.24) is 5.32 Å². The van der Waals surface area contributed by atoms with Gasteiger partial charge in [-0.15, -0.1) is 0 Å². The second-order valence-corrected chi connectivity index (χ2v) is 15.0. The third-order valence-corrected chi connectivity index (χ3v) is 8.83. The molecular weight excluding hydrogens is 611 g/mol. The Bertz CT molecular complexity index is 912. The van der Waals surface area contributed by atoms with Gasteiger partial charge in [0.2, 0.25) is 5.91 Å². The van der Waals surface area contributed by atoms with Crippen molar-refractivity contribution in [3.05, 3.63) is 48.6 Å². The van der Waals surface area contributed by atoms with Gasteiger partial charge in [0.25, 0.3) is 0 Å². The van der Waals surface area contributed by atoms with Crippen molar-refractivity contribution in [2.24, 2.45) is 0 Å². The predicted octanol–water partition coefficient (Wildman–Crippen LogP) is 9.35. The Labute approximate surface area is 289 Å². The van der Waals surface area contributed by atoms with E-state index >= 15 is 0 Å². The van der Waals surface area contributed by atoms with Gasteiger partial charge in [-0.05, 0) is 51.4 Å². The maximum Gasteiger partial charge on any atom is 0.472 e. The van der Waals surface area contributed by atoms with Gasteiger partial charge in [-0.3, -0.25) is 13.8 Å². The van der Waals surface area contributed by atoms with E-state index in [1.165, 1.54) is 32.1 Å². The first kappa shape index (κ1) is 45.5. The summed E-state index contributed by atoms with van der Waals surface area (Å²) in [6.07, 6.45) is 35.9. The minimum atomic E-state index is -4.30. The number of carbonyl (C=O) groups is 1. The number of nitrogens with zero attached hydrogens (tertiary/aromatic N) is 1. The van der Waals surface area contributed by atoms with Crippen molar-refractivity contribution in [3.8, 4) is 0 Å². The highest BCUT2D eigenvalue weighted by molar-refractivity contribution is 7.47. The van der Waals surface area contributed by atoms with Crippen LogP contribution in [0.1, 0.15) is 136 Å². The van der Waals surface area contributed by atoms with Gasteiger partial charge in [0.1, 0.15) is 13.2 Å². The first-order valence-electron chi connectivity index (χ1n) is 18.5. The topological polar surface area (TPSA) is 105 Å². The van der Waals surface area contributed by atoms with Crippen LogP contribution in [0.25, 0.3) is 0 Å². The van der Waals surface area contributed by atoms with Crippen molar-refractivity contribution in [2.45, 2.75) is 148 Å². The van der Waals surface area contributed by atoms with Crippen LogP contribution in [-0.4, -0.2) is 73.4 Å². The van der Waals surface area contributed by atoms with E-state index in [1.54, 1.807) is 0 Å². The molecule has 8 nitrogen and oxygen atoms in total. The molecule has 0 aromatic carbocycles. The quantitative estimate of drug-likeness (QED) is 0.0283. The van der Waals surface area contributed by atoms with Crippen molar-refractivity contribution >= 4 is 13.7 Å². The molecule has 9 heteroatoms. The Kier molecular flexibility index (Phi) is 29.5. The number of unbranched alkanes of at least 4 members (excludes halogenated alkanes) is 11. The zero-order chi connectivity index (χ0) is 35.1. The van der Waals surface area contributed by atoms with Gasteiger partial charge in [0.05, 0.1) is 39.9 Å². The fourth-order valence-corrected chi connectivity index (χ4v) is 5.59. The zero-order valence-corrected chi connectivity index (χ0v) is 31.6. The highest BCUT2D eigenvalue weighted by Gasteiger charge is 2.28. The number of phosphoric acid groups is 1. The summed E-state index contributed by atoms with van der Waals surface area (Å²) in [6, 6.07) is -0.765. The number of amides is 1. The lowest BCUT2D eigenvalue weighted by atomic mass is 10.0. The summed E-state index contributed by atoms with van der Waals surface area (Å²) in [5.74, 6) is -0.168. The molecule has 0 aliphatic heterocycles. The van der Waals surface area contributed by atoms with Gasteiger partial charge >= 0.3 is 7.82 Å². The molecule has 0 fully saturated rings. The minimum Gasteiger partial charge on any atom is -0.391 e. The Morgan fingerprint density at radius 2 is 1.28 bits per heavy atom. The number of hydrogen-bond donors (Lipinski definition) is 3.